The van der Waals surface area contributed by atoms with E-state index < -0.39 is 36.2 Å². The number of epoxide rings is 1. The van der Waals surface area contributed by atoms with Gasteiger partial charge in [-0.1, -0.05) is 6.08 Å². The van der Waals surface area contributed by atoms with Gasteiger partial charge in [0.05, 0.1) is 19.3 Å². The predicted octanol–water partition coefficient (Wildman–Crippen LogP) is 2.83. The SMILES string of the molecule is COc1cc(O)c2c(c1)[C@@H]1O[C@@H]1C[C@@H]1OC(C)(C)O[C@@H]1C(=O)/C=C/C[C@H](C)OC2=O. The van der Waals surface area contributed by atoms with Gasteiger partial charge >= 0.3 is 5.97 Å². The zero-order valence-corrected chi connectivity index (χ0v) is 17.4. The smallest absolute Gasteiger partial charge is 0.342 e. The molecule has 2 saturated heterocycles. The third-order valence-corrected chi connectivity index (χ3v) is 5.44. The Bertz CT molecular complexity index is 889. The Balaban J connectivity index is 1.70. The maximum Gasteiger partial charge on any atom is 0.342 e. The van der Waals surface area contributed by atoms with Crippen molar-refractivity contribution in [1.82, 2.24) is 0 Å². The van der Waals surface area contributed by atoms with Crippen LogP contribution < -0.4 is 4.74 Å². The summed E-state index contributed by atoms with van der Waals surface area (Å²) >= 11 is 0. The molecule has 1 aromatic carbocycles. The lowest BCUT2D eigenvalue weighted by atomic mass is 9.97. The van der Waals surface area contributed by atoms with Gasteiger partial charge in [0.15, 0.2) is 11.6 Å². The summed E-state index contributed by atoms with van der Waals surface area (Å²) in [5.41, 5.74) is 0.551. The minimum atomic E-state index is -0.886. The molecule has 4 rings (SSSR count). The molecule has 30 heavy (non-hydrogen) atoms. The van der Waals surface area contributed by atoms with Crippen LogP contribution in [0, 0.1) is 0 Å². The van der Waals surface area contributed by atoms with Gasteiger partial charge < -0.3 is 28.8 Å². The van der Waals surface area contributed by atoms with Crippen molar-refractivity contribution in [2.45, 2.75) is 69.9 Å². The molecule has 3 heterocycles. The van der Waals surface area contributed by atoms with E-state index in [-0.39, 0.29) is 23.2 Å². The van der Waals surface area contributed by atoms with Crippen LogP contribution in [0.5, 0.6) is 11.5 Å². The van der Waals surface area contributed by atoms with Crippen LogP contribution in [0.1, 0.15) is 55.6 Å². The number of ether oxygens (including phenoxy) is 5. The number of methoxy groups -OCH3 is 1. The molecule has 0 amide bonds. The highest BCUT2D eigenvalue weighted by molar-refractivity contribution is 5.95. The largest absolute Gasteiger partial charge is 0.507 e. The molecule has 1 aromatic rings. The van der Waals surface area contributed by atoms with Crippen molar-refractivity contribution in [2.24, 2.45) is 0 Å². The number of cyclic esters (lactones) is 1. The second kappa shape index (κ2) is 7.68. The van der Waals surface area contributed by atoms with Crippen LogP contribution in [0.2, 0.25) is 0 Å². The van der Waals surface area contributed by atoms with E-state index in [0.717, 1.165) is 0 Å². The molecule has 5 atom stereocenters. The average molecular weight is 418 g/mol. The van der Waals surface area contributed by atoms with Gasteiger partial charge in [0.25, 0.3) is 0 Å². The maximum atomic E-state index is 12.8. The summed E-state index contributed by atoms with van der Waals surface area (Å²) in [5, 5.41) is 10.5. The van der Waals surface area contributed by atoms with E-state index in [0.29, 0.717) is 24.2 Å². The Morgan fingerprint density at radius 1 is 1.13 bits per heavy atom. The van der Waals surface area contributed by atoms with Gasteiger partial charge in [-0.05, 0) is 32.9 Å². The molecular formula is C22H26O8. The number of hydrogen-bond acceptors (Lipinski definition) is 8. The summed E-state index contributed by atoms with van der Waals surface area (Å²) in [6.45, 7) is 5.25. The fourth-order valence-corrected chi connectivity index (χ4v) is 4.02. The first-order chi connectivity index (χ1) is 14.2. The Kier molecular flexibility index (Phi) is 5.34. The van der Waals surface area contributed by atoms with Crippen LogP contribution in [-0.2, 0) is 23.7 Å². The first-order valence-corrected chi connectivity index (χ1v) is 10.0. The van der Waals surface area contributed by atoms with Crippen molar-refractivity contribution in [2.75, 3.05) is 7.11 Å². The minimum Gasteiger partial charge on any atom is -0.507 e. The van der Waals surface area contributed by atoms with Crippen molar-refractivity contribution >= 4 is 11.8 Å². The molecule has 8 heteroatoms. The number of hydrogen-bond donors (Lipinski definition) is 1. The fourth-order valence-electron chi connectivity index (χ4n) is 4.02. The first kappa shape index (κ1) is 20.8. The van der Waals surface area contributed by atoms with Crippen molar-refractivity contribution in [3.63, 3.8) is 0 Å². The van der Waals surface area contributed by atoms with E-state index >= 15 is 0 Å². The Morgan fingerprint density at radius 2 is 1.90 bits per heavy atom. The summed E-state index contributed by atoms with van der Waals surface area (Å²) in [6, 6.07) is 3.03. The minimum absolute atomic E-state index is 0.0627. The van der Waals surface area contributed by atoms with Crippen molar-refractivity contribution in [3.8, 4) is 11.5 Å². The zero-order valence-electron chi connectivity index (χ0n) is 17.4. The second-order valence-electron chi connectivity index (χ2n) is 8.29. The molecule has 1 N–H and O–H groups in total. The van der Waals surface area contributed by atoms with Gasteiger partial charge in [0.2, 0.25) is 0 Å². The Morgan fingerprint density at radius 3 is 2.63 bits per heavy atom. The van der Waals surface area contributed by atoms with Gasteiger partial charge in [-0.2, -0.15) is 0 Å². The van der Waals surface area contributed by atoms with Gasteiger partial charge in [-0.15, -0.1) is 0 Å². The van der Waals surface area contributed by atoms with E-state index in [4.69, 9.17) is 23.7 Å². The number of carbonyl (C=O) groups excluding carboxylic acids is 2. The third kappa shape index (κ3) is 4.08. The molecule has 0 saturated carbocycles. The molecule has 3 aliphatic rings. The van der Waals surface area contributed by atoms with Crippen LogP contribution in [0.15, 0.2) is 24.3 Å². The van der Waals surface area contributed by atoms with Crippen LogP contribution in [0.25, 0.3) is 0 Å². The van der Waals surface area contributed by atoms with Crippen LogP contribution >= 0.6 is 0 Å². The second-order valence-corrected chi connectivity index (χ2v) is 8.29. The van der Waals surface area contributed by atoms with Gasteiger partial charge in [-0.25, -0.2) is 4.79 Å². The highest BCUT2D eigenvalue weighted by Crippen LogP contribution is 2.48. The molecule has 0 aliphatic carbocycles. The van der Waals surface area contributed by atoms with Crippen LogP contribution in [0.4, 0.5) is 0 Å². The van der Waals surface area contributed by atoms with E-state index in [2.05, 4.69) is 0 Å². The molecule has 162 valence electrons. The average Bonchev–Trinajstić information content (AvgIpc) is 3.35. The number of esters is 1. The highest BCUT2D eigenvalue weighted by Gasteiger charge is 2.51. The lowest BCUT2D eigenvalue weighted by Crippen LogP contribution is -2.31. The molecule has 0 bridgehead atoms. The monoisotopic (exact) mass is 418 g/mol. The number of ketones is 1. The highest BCUT2D eigenvalue weighted by atomic mass is 16.8. The number of rotatable bonds is 1. The van der Waals surface area contributed by atoms with Gasteiger partial charge in [0.1, 0.15) is 35.4 Å². The van der Waals surface area contributed by atoms with E-state index in [1.54, 1.807) is 32.9 Å². The molecular weight excluding hydrogens is 392 g/mol. The zero-order chi connectivity index (χ0) is 21.6. The summed E-state index contributed by atoms with van der Waals surface area (Å²) in [7, 11) is 1.48. The van der Waals surface area contributed by atoms with Gasteiger partial charge in [0, 0.05) is 24.5 Å². The summed E-state index contributed by atoms with van der Waals surface area (Å²) in [4.78, 5) is 25.5. The molecule has 0 radical (unpaired) electrons. The van der Waals surface area contributed by atoms with E-state index in [1.807, 2.05) is 0 Å². The summed E-state index contributed by atoms with van der Waals surface area (Å²) < 4.78 is 28.3. The van der Waals surface area contributed by atoms with Crippen LogP contribution in [-0.4, -0.2) is 54.2 Å². The number of carbonyl (C=O) groups is 2. The molecule has 0 unspecified atom stereocenters. The quantitative estimate of drug-likeness (QED) is 0.549. The van der Waals surface area contributed by atoms with Crippen LogP contribution in [0.3, 0.4) is 0 Å². The standard InChI is InChI=1S/C22H26O8/c1-11-6-5-7-14(23)20-17(29-22(2,3)30-20)10-16-19(28-16)13-8-12(26-4)9-15(24)18(13)21(25)27-11/h5,7-9,11,16-17,19-20,24H,6,10H2,1-4H3/b7-5+/t11-,16+,17-,19-,20+/m0/s1. The lowest BCUT2D eigenvalue weighted by Gasteiger charge is -2.17. The van der Waals surface area contributed by atoms with E-state index in [9.17, 15) is 14.7 Å². The summed E-state index contributed by atoms with van der Waals surface area (Å²) in [6.07, 6.45) is 1.37. The normalized spacial score (nSPS) is 34.1. The topological polar surface area (TPSA) is 104 Å². The number of fused-ring (bicyclic) bond motifs is 4. The number of phenols is 1. The van der Waals surface area contributed by atoms with Crippen molar-refractivity contribution in [3.05, 3.63) is 35.4 Å². The Labute approximate surface area is 174 Å². The summed E-state index contributed by atoms with van der Waals surface area (Å²) in [5.74, 6) is -1.56. The number of aromatic hydroxyl groups is 1. The maximum absolute atomic E-state index is 12.8. The molecule has 0 spiro atoms. The first-order valence-electron chi connectivity index (χ1n) is 10.0. The molecule has 3 aliphatic heterocycles. The van der Waals surface area contributed by atoms with E-state index in [1.165, 1.54) is 19.3 Å². The fraction of sp³-hybridized carbons (Fsp3) is 0.545. The molecule has 0 aromatic heterocycles. The van der Waals surface area contributed by atoms with Gasteiger partial charge in [-0.3, -0.25) is 4.79 Å². The molecule has 2 fully saturated rings. The van der Waals surface area contributed by atoms with Crippen molar-refractivity contribution in [1.29, 1.82) is 0 Å². The third-order valence-electron chi connectivity index (χ3n) is 5.44. The number of phenolic OH excluding ortho intramolecular Hbond substituents is 1. The predicted molar refractivity (Wildman–Crippen MR) is 104 cm³/mol. The lowest BCUT2D eigenvalue weighted by molar-refractivity contribution is -0.153. The number of benzene rings is 1. The Hall–Kier alpha value is -2.42. The molecule has 8 nitrogen and oxygen atoms in total. The van der Waals surface area contributed by atoms with Crippen molar-refractivity contribution < 1.29 is 38.4 Å².